The minimum atomic E-state index is -0.259. The van der Waals surface area contributed by atoms with E-state index in [4.69, 9.17) is 0 Å². The van der Waals surface area contributed by atoms with Gasteiger partial charge in [0.2, 0.25) is 0 Å². The zero-order chi connectivity index (χ0) is 12.1. The summed E-state index contributed by atoms with van der Waals surface area (Å²) in [6, 6.07) is 10.8. The molecule has 102 valence electrons. The number of aryl methyl sites for hydroxylation is 1. The second kappa shape index (κ2) is 7.80. The maximum absolute atomic E-state index is 11.7. The molecule has 2 aromatic rings. The molecule has 0 saturated heterocycles. The van der Waals surface area contributed by atoms with E-state index in [0.29, 0.717) is 0 Å². The Morgan fingerprint density at radius 2 is 1.74 bits per heavy atom. The summed E-state index contributed by atoms with van der Waals surface area (Å²) in [4.78, 5) is 15.7. The first-order chi connectivity index (χ1) is 8.25. The van der Waals surface area contributed by atoms with Gasteiger partial charge in [-0.15, -0.1) is 0 Å². The Bertz CT molecular complexity index is 518. The molecule has 6 nitrogen and oxygen atoms in total. The fourth-order valence-electron chi connectivity index (χ4n) is 1.42. The van der Waals surface area contributed by atoms with Crippen molar-refractivity contribution in [3.63, 3.8) is 0 Å². The van der Waals surface area contributed by atoms with Crippen molar-refractivity contribution >= 4 is 17.4 Å². The van der Waals surface area contributed by atoms with E-state index in [0.717, 1.165) is 16.9 Å². The van der Waals surface area contributed by atoms with Crippen molar-refractivity contribution in [2.24, 2.45) is 0 Å². The van der Waals surface area contributed by atoms with Gasteiger partial charge in [-0.1, -0.05) is 18.2 Å². The number of anilines is 2. The highest BCUT2D eigenvalue weighted by atomic mass is 16.2. The highest BCUT2D eigenvalue weighted by molar-refractivity contribution is 6.00. The summed E-state index contributed by atoms with van der Waals surface area (Å²) in [6.07, 6.45) is 3.35. The van der Waals surface area contributed by atoms with Gasteiger partial charge in [-0.2, -0.15) is 0 Å². The SMILES string of the molecule is Cc1cnccc1NC(=O)Nc1ccccc1.O.O. The van der Waals surface area contributed by atoms with Gasteiger partial charge in [0.1, 0.15) is 0 Å². The lowest BCUT2D eigenvalue weighted by atomic mass is 10.2. The Morgan fingerprint density at radius 3 is 2.37 bits per heavy atom. The maximum atomic E-state index is 11.7. The first kappa shape index (κ1) is 16.6. The molecule has 1 aromatic heterocycles. The molecular formula is C13H17N3O3. The van der Waals surface area contributed by atoms with Crippen LogP contribution in [0.1, 0.15) is 5.56 Å². The van der Waals surface area contributed by atoms with Crippen LogP contribution in [0.5, 0.6) is 0 Å². The molecule has 6 N–H and O–H groups in total. The van der Waals surface area contributed by atoms with Crippen molar-refractivity contribution < 1.29 is 15.7 Å². The van der Waals surface area contributed by atoms with Gasteiger partial charge in [0.25, 0.3) is 0 Å². The van der Waals surface area contributed by atoms with Crippen molar-refractivity contribution in [2.45, 2.75) is 6.92 Å². The van der Waals surface area contributed by atoms with Crippen LogP contribution in [-0.2, 0) is 0 Å². The van der Waals surface area contributed by atoms with Gasteiger partial charge in [-0.3, -0.25) is 4.98 Å². The number of aromatic nitrogens is 1. The molecule has 6 heteroatoms. The number of hydrogen-bond donors (Lipinski definition) is 2. The average molecular weight is 263 g/mol. The zero-order valence-corrected chi connectivity index (χ0v) is 10.5. The lowest BCUT2D eigenvalue weighted by molar-refractivity contribution is 0.262. The fraction of sp³-hybridized carbons (Fsp3) is 0.0769. The number of rotatable bonds is 2. The molecule has 0 aliphatic carbocycles. The number of carbonyl (C=O) groups excluding carboxylic acids is 1. The van der Waals surface area contributed by atoms with Crippen molar-refractivity contribution in [2.75, 3.05) is 10.6 Å². The summed E-state index contributed by atoms with van der Waals surface area (Å²) < 4.78 is 0. The summed E-state index contributed by atoms with van der Waals surface area (Å²) in [5.74, 6) is 0. The van der Waals surface area contributed by atoms with Crippen molar-refractivity contribution in [1.82, 2.24) is 4.98 Å². The molecule has 2 amide bonds. The molecule has 0 atom stereocenters. The van der Waals surface area contributed by atoms with Crippen molar-refractivity contribution in [1.29, 1.82) is 0 Å². The molecule has 19 heavy (non-hydrogen) atoms. The van der Waals surface area contributed by atoms with Crippen LogP contribution in [0.15, 0.2) is 48.8 Å². The average Bonchev–Trinajstić information content (AvgIpc) is 2.33. The minimum absolute atomic E-state index is 0. The number of amides is 2. The van der Waals surface area contributed by atoms with Gasteiger partial charge >= 0.3 is 6.03 Å². The van der Waals surface area contributed by atoms with E-state index in [1.165, 1.54) is 0 Å². The number of benzene rings is 1. The van der Waals surface area contributed by atoms with Crippen LogP contribution in [0, 0.1) is 6.92 Å². The van der Waals surface area contributed by atoms with E-state index in [-0.39, 0.29) is 17.0 Å². The highest BCUT2D eigenvalue weighted by Crippen LogP contribution is 2.12. The Morgan fingerprint density at radius 1 is 1.05 bits per heavy atom. The summed E-state index contributed by atoms with van der Waals surface area (Å²) in [6.45, 7) is 1.89. The van der Waals surface area contributed by atoms with Crippen LogP contribution < -0.4 is 10.6 Å². The van der Waals surface area contributed by atoms with E-state index >= 15 is 0 Å². The zero-order valence-electron chi connectivity index (χ0n) is 10.5. The molecule has 0 fully saturated rings. The summed E-state index contributed by atoms with van der Waals surface area (Å²) >= 11 is 0. The molecule has 1 aromatic carbocycles. The first-order valence-corrected chi connectivity index (χ1v) is 5.29. The summed E-state index contributed by atoms with van der Waals surface area (Å²) in [5, 5.41) is 5.52. The standard InChI is InChI=1S/C13H13N3O.2H2O/c1-10-9-14-8-7-12(10)16-13(17)15-11-5-3-2-4-6-11;;/h2-9H,1H3,(H2,14,15,16,17);2*1H2. The number of nitrogens with zero attached hydrogens (tertiary/aromatic N) is 1. The lowest BCUT2D eigenvalue weighted by Crippen LogP contribution is -2.19. The van der Waals surface area contributed by atoms with Gasteiger partial charge in [0.15, 0.2) is 0 Å². The summed E-state index contributed by atoms with van der Waals surface area (Å²) in [5.41, 5.74) is 2.45. The van der Waals surface area contributed by atoms with Gasteiger partial charge in [0.05, 0.1) is 0 Å². The first-order valence-electron chi connectivity index (χ1n) is 5.29. The topological polar surface area (TPSA) is 117 Å². The smallest absolute Gasteiger partial charge is 0.323 e. The molecule has 0 bridgehead atoms. The second-order valence-electron chi connectivity index (χ2n) is 3.64. The van der Waals surface area contributed by atoms with Gasteiger partial charge in [-0.05, 0) is 30.7 Å². The second-order valence-corrected chi connectivity index (χ2v) is 3.64. The number of hydrogen-bond acceptors (Lipinski definition) is 2. The molecule has 0 radical (unpaired) electrons. The Balaban J connectivity index is 0.00000162. The fourth-order valence-corrected chi connectivity index (χ4v) is 1.42. The van der Waals surface area contributed by atoms with Crippen LogP contribution in [0.25, 0.3) is 0 Å². The minimum Gasteiger partial charge on any atom is -0.412 e. The molecule has 0 spiro atoms. The van der Waals surface area contributed by atoms with Crippen LogP contribution >= 0.6 is 0 Å². The van der Waals surface area contributed by atoms with Crippen LogP contribution in [0.2, 0.25) is 0 Å². The van der Waals surface area contributed by atoms with Crippen molar-refractivity contribution in [3.05, 3.63) is 54.4 Å². The predicted octanol–water partition coefficient (Wildman–Crippen LogP) is 1.38. The maximum Gasteiger partial charge on any atom is 0.323 e. The monoisotopic (exact) mass is 263 g/mol. The third-order valence-electron chi connectivity index (χ3n) is 2.30. The van der Waals surface area contributed by atoms with Gasteiger partial charge in [-0.25, -0.2) is 4.79 Å². The lowest BCUT2D eigenvalue weighted by Gasteiger charge is -2.09. The van der Waals surface area contributed by atoms with E-state index in [2.05, 4.69) is 15.6 Å². The number of nitrogens with one attached hydrogen (secondary N) is 2. The van der Waals surface area contributed by atoms with E-state index in [9.17, 15) is 4.79 Å². The Hall–Kier alpha value is -2.44. The highest BCUT2D eigenvalue weighted by Gasteiger charge is 2.03. The largest absolute Gasteiger partial charge is 0.412 e. The third kappa shape index (κ3) is 4.74. The number of pyridine rings is 1. The van der Waals surface area contributed by atoms with E-state index in [1.54, 1.807) is 18.5 Å². The summed E-state index contributed by atoms with van der Waals surface area (Å²) in [7, 11) is 0. The molecule has 0 unspecified atom stereocenters. The molecule has 0 aliphatic heterocycles. The molecule has 2 rings (SSSR count). The van der Waals surface area contributed by atoms with E-state index < -0.39 is 0 Å². The molecule has 1 heterocycles. The quantitative estimate of drug-likeness (QED) is 0.851. The molecule has 0 aliphatic rings. The van der Waals surface area contributed by atoms with Crippen molar-refractivity contribution in [3.8, 4) is 0 Å². The Labute approximate surface area is 111 Å². The number of para-hydroxylation sites is 1. The van der Waals surface area contributed by atoms with Gasteiger partial charge in [0, 0.05) is 23.8 Å². The van der Waals surface area contributed by atoms with Crippen LogP contribution in [0.4, 0.5) is 16.2 Å². The molecular weight excluding hydrogens is 246 g/mol. The van der Waals surface area contributed by atoms with Crippen LogP contribution in [0.3, 0.4) is 0 Å². The third-order valence-corrected chi connectivity index (χ3v) is 2.30. The van der Waals surface area contributed by atoms with Crippen LogP contribution in [-0.4, -0.2) is 22.0 Å². The van der Waals surface area contributed by atoms with Gasteiger partial charge < -0.3 is 21.6 Å². The number of urea groups is 1. The molecule has 0 saturated carbocycles. The normalized spacial score (nSPS) is 8.68. The predicted molar refractivity (Wildman–Crippen MR) is 75.3 cm³/mol. The Kier molecular flexibility index (Phi) is 6.80. The van der Waals surface area contributed by atoms with E-state index in [1.807, 2.05) is 37.3 Å². The number of carbonyl (C=O) groups is 1.